The van der Waals surface area contributed by atoms with Gasteiger partial charge in [-0.15, -0.1) is 0 Å². The first-order valence-corrected chi connectivity index (χ1v) is 8.79. The normalized spacial score (nSPS) is 10.4. The van der Waals surface area contributed by atoms with Crippen LogP contribution in [-0.4, -0.2) is 22.4 Å². The average Bonchev–Trinajstić information content (AvgIpc) is 2.67. The Morgan fingerprint density at radius 1 is 1.04 bits per heavy atom. The molecule has 0 radical (unpaired) electrons. The smallest absolute Gasteiger partial charge is 0.274 e. The third-order valence-electron chi connectivity index (χ3n) is 3.63. The minimum absolute atomic E-state index is 0.289. The minimum Gasteiger partial charge on any atom is -0.370 e. The van der Waals surface area contributed by atoms with Crippen molar-refractivity contribution in [2.24, 2.45) is 0 Å². The van der Waals surface area contributed by atoms with Crippen LogP contribution in [0.3, 0.4) is 0 Å². The van der Waals surface area contributed by atoms with Gasteiger partial charge in [0.15, 0.2) is 5.82 Å². The highest BCUT2D eigenvalue weighted by Gasteiger charge is 2.13. The van der Waals surface area contributed by atoms with E-state index in [-0.39, 0.29) is 11.6 Å². The number of benzene rings is 2. The maximum atomic E-state index is 12.7. The summed E-state index contributed by atoms with van der Waals surface area (Å²) in [6.07, 6.45) is 0.953. The molecule has 0 unspecified atom stereocenters. The first-order chi connectivity index (χ1) is 12.7. The molecule has 1 heterocycles. The van der Waals surface area contributed by atoms with Crippen molar-refractivity contribution < 1.29 is 4.79 Å². The zero-order valence-electron chi connectivity index (χ0n) is 14.4. The van der Waals surface area contributed by atoms with Gasteiger partial charge in [-0.25, -0.2) is 9.97 Å². The van der Waals surface area contributed by atoms with Crippen molar-refractivity contribution in [3.05, 3.63) is 71.4 Å². The van der Waals surface area contributed by atoms with E-state index >= 15 is 0 Å². The third kappa shape index (κ3) is 4.58. The molecular weight excluding hydrogens is 348 g/mol. The molecule has 3 aromatic rings. The molecule has 0 fully saturated rings. The van der Waals surface area contributed by atoms with Crippen molar-refractivity contribution in [1.82, 2.24) is 9.97 Å². The van der Waals surface area contributed by atoms with Gasteiger partial charge < -0.3 is 10.6 Å². The van der Waals surface area contributed by atoms with Crippen molar-refractivity contribution in [2.75, 3.05) is 17.2 Å². The molecule has 2 aromatic carbocycles. The van der Waals surface area contributed by atoms with Crippen molar-refractivity contribution in [1.29, 1.82) is 0 Å². The van der Waals surface area contributed by atoms with Gasteiger partial charge in [-0.1, -0.05) is 54.9 Å². The Balaban J connectivity index is 1.92. The van der Waals surface area contributed by atoms with Crippen LogP contribution in [0.15, 0.2) is 60.7 Å². The van der Waals surface area contributed by atoms with E-state index in [4.69, 9.17) is 11.6 Å². The van der Waals surface area contributed by atoms with Crippen LogP contribution >= 0.6 is 11.6 Å². The number of nitrogens with zero attached hydrogens (tertiary/aromatic N) is 2. The van der Waals surface area contributed by atoms with Gasteiger partial charge in [0.2, 0.25) is 0 Å². The third-order valence-corrected chi connectivity index (χ3v) is 3.86. The van der Waals surface area contributed by atoms with Gasteiger partial charge >= 0.3 is 0 Å². The summed E-state index contributed by atoms with van der Waals surface area (Å²) < 4.78 is 0. The summed E-state index contributed by atoms with van der Waals surface area (Å²) in [5.74, 6) is 0.811. The lowest BCUT2D eigenvalue weighted by Gasteiger charge is -2.10. The quantitative estimate of drug-likeness (QED) is 0.653. The van der Waals surface area contributed by atoms with E-state index in [1.807, 2.05) is 30.3 Å². The van der Waals surface area contributed by atoms with Crippen molar-refractivity contribution in [3.63, 3.8) is 0 Å². The Labute approximate surface area is 157 Å². The van der Waals surface area contributed by atoms with Gasteiger partial charge in [0.05, 0.1) is 0 Å². The van der Waals surface area contributed by atoms with Gasteiger partial charge in [0, 0.05) is 28.9 Å². The number of carbonyl (C=O) groups is 1. The molecule has 0 saturated heterocycles. The number of hydrogen-bond donors (Lipinski definition) is 2. The van der Waals surface area contributed by atoms with Gasteiger partial charge in [0.1, 0.15) is 11.5 Å². The summed E-state index contributed by atoms with van der Waals surface area (Å²) in [6, 6.07) is 18.2. The lowest BCUT2D eigenvalue weighted by molar-refractivity contribution is 0.102. The van der Waals surface area contributed by atoms with Crippen LogP contribution in [0.5, 0.6) is 0 Å². The van der Waals surface area contributed by atoms with E-state index in [2.05, 4.69) is 27.5 Å². The van der Waals surface area contributed by atoms with E-state index in [1.54, 1.807) is 30.3 Å². The van der Waals surface area contributed by atoms with Gasteiger partial charge in [0.25, 0.3) is 5.91 Å². The van der Waals surface area contributed by atoms with Crippen LogP contribution in [0.1, 0.15) is 23.8 Å². The van der Waals surface area contributed by atoms with Crippen LogP contribution in [0.4, 0.5) is 11.5 Å². The lowest BCUT2D eigenvalue weighted by Crippen LogP contribution is -2.16. The fourth-order valence-electron chi connectivity index (χ4n) is 2.38. The monoisotopic (exact) mass is 366 g/mol. The lowest BCUT2D eigenvalue weighted by atomic mass is 10.2. The minimum atomic E-state index is -0.314. The summed E-state index contributed by atoms with van der Waals surface area (Å²) in [7, 11) is 0. The first kappa shape index (κ1) is 17.9. The molecule has 0 bridgehead atoms. The highest BCUT2D eigenvalue weighted by molar-refractivity contribution is 6.30. The second-order valence-electron chi connectivity index (χ2n) is 5.72. The molecule has 0 atom stereocenters. The zero-order valence-corrected chi connectivity index (χ0v) is 15.1. The maximum absolute atomic E-state index is 12.7. The van der Waals surface area contributed by atoms with Crippen LogP contribution < -0.4 is 10.6 Å². The first-order valence-electron chi connectivity index (χ1n) is 8.41. The van der Waals surface area contributed by atoms with Crippen LogP contribution in [-0.2, 0) is 0 Å². The molecule has 1 amide bonds. The second-order valence-corrected chi connectivity index (χ2v) is 6.16. The average molecular weight is 367 g/mol. The number of nitrogens with one attached hydrogen (secondary N) is 2. The van der Waals surface area contributed by atoms with Crippen LogP contribution in [0.2, 0.25) is 5.02 Å². The second kappa shape index (κ2) is 8.45. The van der Waals surface area contributed by atoms with Crippen LogP contribution in [0, 0.1) is 0 Å². The van der Waals surface area contributed by atoms with Crippen molar-refractivity contribution in [2.45, 2.75) is 13.3 Å². The van der Waals surface area contributed by atoms with E-state index in [0.717, 1.165) is 18.5 Å². The molecule has 132 valence electrons. The summed E-state index contributed by atoms with van der Waals surface area (Å²) in [4.78, 5) is 21.6. The predicted octanol–water partition coefficient (Wildman–Crippen LogP) is 4.87. The number of amides is 1. The number of aromatic nitrogens is 2. The fourth-order valence-corrected chi connectivity index (χ4v) is 2.58. The Hall–Kier alpha value is -2.92. The number of anilines is 2. The predicted molar refractivity (Wildman–Crippen MR) is 106 cm³/mol. The largest absolute Gasteiger partial charge is 0.370 e. The van der Waals surface area contributed by atoms with E-state index < -0.39 is 0 Å². The molecule has 2 N–H and O–H groups in total. The molecular formula is C20H19ClN4O. The van der Waals surface area contributed by atoms with Crippen molar-refractivity contribution in [3.8, 4) is 11.4 Å². The molecule has 0 aliphatic carbocycles. The summed E-state index contributed by atoms with van der Waals surface area (Å²) >= 11 is 5.98. The molecule has 0 aliphatic rings. The van der Waals surface area contributed by atoms with E-state index in [9.17, 15) is 4.79 Å². The highest BCUT2D eigenvalue weighted by atomic mass is 35.5. The molecule has 3 rings (SSSR count). The number of halogens is 1. The topological polar surface area (TPSA) is 66.9 Å². The molecule has 0 saturated carbocycles. The van der Waals surface area contributed by atoms with Crippen molar-refractivity contribution >= 4 is 29.0 Å². The Kier molecular flexibility index (Phi) is 5.81. The maximum Gasteiger partial charge on any atom is 0.274 e. The standard InChI is InChI=1S/C20H19ClN4O/c1-2-11-22-18-13-17(20(26)23-16-10-6-9-15(21)12-16)24-19(25-18)14-7-4-3-5-8-14/h3-10,12-13H,2,11H2,1H3,(H,23,26)(H,22,24,25). The van der Waals surface area contributed by atoms with Crippen LogP contribution in [0.25, 0.3) is 11.4 Å². The molecule has 0 aliphatic heterocycles. The molecule has 0 spiro atoms. The SMILES string of the molecule is CCCNc1cc(C(=O)Nc2cccc(Cl)c2)nc(-c2ccccc2)n1. The number of rotatable bonds is 6. The van der Waals surface area contributed by atoms with Gasteiger partial charge in [-0.05, 0) is 24.6 Å². The number of hydrogen-bond acceptors (Lipinski definition) is 4. The Morgan fingerprint density at radius 2 is 1.85 bits per heavy atom. The molecule has 6 heteroatoms. The summed E-state index contributed by atoms with van der Waals surface area (Å²) in [6.45, 7) is 2.83. The Morgan fingerprint density at radius 3 is 2.58 bits per heavy atom. The highest BCUT2D eigenvalue weighted by Crippen LogP contribution is 2.20. The Bertz CT molecular complexity index is 899. The summed E-state index contributed by atoms with van der Waals surface area (Å²) in [5.41, 5.74) is 1.76. The van der Waals surface area contributed by atoms with Gasteiger partial charge in [-0.2, -0.15) is 0 Å². The molecule has 26 heavy (non-hydrogen) atoms. The van der Waals surface area contributed by atoms with E-state index in [0.29, 0.717) is 22.4 Å². The molecule has 1 aromatic heterocycles. The fraction of sp³-hybridized carbons (Fsp3) is 0.150. The van der Waals surface area contributed by atoms with Gasteiger partial charge in [-0.3, -0.25) is 4.79 Å². The zero-order chi connectivity index (χ0) is 18.4. The number of carbonyl (C=O) groups excluding carboxylic acids is 1. The molecule has 5 nitrogen and oxygen atoms in total. The van der Waals surface area contributed by atoms with E-state index in [1.165, 1.54) is 0 Å². The summed E-state index contributed by atoms with van der Waals surface area (Å²) in [5, 5.41) is 6.60.